The normalized spacial score (nSPS) is 11.7. The SMILES string of the molecule is COc1ccc(/C=N\Nc2ccc(C(F)(F)F)cn2)cc1Br. The lowest BCUT2D eigenvalue weighted by Gasteiger charge is -2.06. The van der Waals surface area contributed by atoms with Gasteiger partial charge in [0, 0.05) is 6.20 Å². The summed E-state index contributed by atoms with van der Waals surface area (Å²) < 4.78 is 43.0. The third-order valence-electron chi connectivity index (χ3n) is 2.66. The summed E-state index contributed by atoms with van der Waals surface area (Å²) in [7, 11) is 1.56. The molecule has 0 aliphatic carbocycles. The van der Waals surface area contributed by atoms with Crippen LogP contribution in [0.1, 0.15) is 11.1 Å². The quantitative estimate of drug-likeness (QED) is 0.641. The molecule has 8 heteroatoms. The standard InChI is InChI=1S/C14H11BrF3N3O/c1-22-12-4-2-9(6-11(12)15)7-20-21-13-5-3-10(8-19-13)14(16,17)18/h2-8H,1H3,(H,19,21)/b20-7-. The number of pyridine rings is 1. The van der Waals surface area contributed by atoms with Crippen LogP contribution < -0.4 is 10.2 Å². The van der Waals surface area contributed by atoms with E-state index in [0.717, 1.165) is 22.3 Å². The number of anilines is 1. The predicted molar refractivity (Wildman–Crippen MR) is 81.1 cm³/mol. The first-order valence-corrected chi connectivity index (χ1v) is 6.85. The Morgan fingerprint density at radius 3 is 2.59 bits per heavy atom. The third-order valence-corrected chi connectivity index (χ3v) is 3.28. The molecule has 1 N–H and O–H groups in total. The zero-order valence-electron chi connectivity index (χ0n) is 11.4. The average Bonchev–Trinajstić information content (AvgIpc) is 2.47. The Balaban J connectivity index is 2.02. The van der Waals surface area contributed by atoms with Crippen molar-refractivity contribution in [3.63, 3.8) is 0 Å². The van der Waals surface area contributed by atoms with E-state index in [0.29, 0.717) is 5.75 Å². The number of nitrogens with one attached hydrogen (secondary N) is 1. The largest absolute Gasteiger partial charge is 0.496 e. The molecule has 2 rings (SSSR count). The van der Waals surface area contributed by atoms with E-state index in [1.165, 1.54) is 12.3 Å². The van der Waals surface area contributed by atoms with Crippen LogP contribution in [-0.4, -0.2) is 18.3 Å². The number of nitrogens with zero attached hydrogens (tertiary/aromatic N) is 2. The Hall–Kier alpha value is -2.09. The molecule has 0 radical (unpaired) electrons. The molecule has 1 aromatic carbocycles. The topological polar surface area (TPSA) is 46.5 Å². The first-order chi connectivity index (χ1) is 10.4. The van der Waals surface area contributed by atoms with E-state index >= 15 is 0 Å². The van der Waals surface area contributed by atoms with Gasteiger partial charge >= 0.3 is 6.18 Å². The number of rotatable bonds is 4. The molecule has 0 aliphatic heterocycles. The number of aromatic nitrogens is 1. The number of alkyl halides is 3. The summed E-state index contributed by atoms with van der Waals surface area (Å²) in [6, 6.07) is 7.50. The maximum absolute atomic E-state index is 12.4. The molecule has 0 saturated carbocycles. The summed E-state index contributed by atoms with van der Waals surface area (Å²) in [4.78, 5) is 3.65. The molecule has 2 aromatic rings. The minimum absolute atomic E-state index is 0.219. The molecule has 1 heterocycles. The van der Waals surface area contributed by atoms with Gasteiger partial charge in [0.2, 0.25) is 0 Å². The van der Waals surface area contributed by atoms with Gasteiger partial charge in [0.15, 0.2) is 0 Å². The van der Waals surface area contributed by atoms with Gasteiger partial charge in [-0.15, -0.1) is 0 Å². The van der Waals surface area contributed by atoms with E-state index < -0.39 is 11.7 Å². The predicted octanol–water partition coefficient (Wildman–Crippen LogP) is 4.32. The Labute approximate surface area is 133 Å². The number of benzene rings is 1. The lowest BCUT2D eigenvalue weighted by Crippen LogP contribution is -2.05. The second-order valence-corrected chi connectivity index (χ2v) is 5.05. The Morgan fingerprint density at radius 1 is 1.27 bits per heavy atom. The summed E-state index contributed by atoms with van der Waals surface area (Å²) in [5.41, 5.74) is 2.54. The molecule has 0 spiro atoms. The van der Waals surface area contributed by atoms with Gasteiger partial charge in [-0.2, -0.15) is 18.3 Å². The van der Waals surface area contributed by atoms with E-state index in [-0.39, 0.29) is 5.82 Å². The van der Waals surface area contributed by atoms with Crippen molar-refractivity contribution in [2.75, 3.05) is 12.5 Å². The van der Waals surface area contributed by atoms with E-state index in [4.69, 9.17) is 4.74 Å². The molecule has 0 unspecified atom stereocenters. The number of hydrogen-bond acceptors (Lipinski definition) is 4. The minimum Gasteiger partial charge on any atom is -0.496 e. The Morgan fingerprint density at radius 2 is 2.05 bits per heavy atom. The van der Waals surface area contributed by atoms with Gasteiger partial charge in [0.25, 0.3) is 0 Å². The zero-order valence-corrected chi connectivity index (χ0v) is 12.9. The van der Waals surface area contributed by atoms with Crippen LogP contribution in [0.25, 0.3) is 0 Å². The van der Waals surface area contributed by atoms with Crippen LogP contribution in [0.3, 0.4) is 0 Å². The summed E-state index contributed by atoms with van der Waals surface area (Å²) in [6.45, 7) is 0. The third kappa shape index (κ3) is 4.20. The van der Waals surface area contributed by atoms with E-state index in [9.17, 15) is 13.2 Å². The van der Waals surface area contributed by atoms with Crippen molar-refractivity contribution >= 4 is 28.0 Å². The molecule has 0 saturated heterocycles. The van der Waals surface area contributed by atoms with Crippen molar-refractivity contribution in [2.24, 2.45) is 5.10 Å². The molecule has 1 aromatic heterocycles. The van der Waals surface area contributed by atoms with Crippen LogP contribution in [0.15, 0.2) is 46.1 Å². The van der Waals surface area contributed by atoms with Gasteiger partial charge in [-0.05, 0) is 51.8 Å². The van der Waals surface area contributed by atoms with Crippen LogP contribution in [0.5, 0.6) is 5.75 Å². The van der Waals surface area contributed by atoms with Gasteiger partial charge in [-0.25, -0.2) is 4.98 Å². The van der Waals surface area contributed by atoms with Gasteiger partial charge in [0.1, 0.15) is 11.6 Å². The number of halogens is 4. The summed E-state index contributed by atoms with van der Waals surface area (Å²) in [5, 5.41) is 3.92. The molecule has 0 aliphatic rings. The van der Waals surface area contributed by atoms with Gasteiger partial charge in [-0.1, -0.05) is 0 Å². The van der Waals surface area contributed by atoms with Gasteiger partial charge < -0.3 is 4.74 Å². The van der Waals surface area contributed by atoms with Gasteiger partial charge in [0.05, 0.1) is 23.4 Å². The van der Waals surface area contributed by atoms with Crippen LogP contribution >= 0.6 is 15.9 Å². The molecule has 0 fully saturated rings. The Kier molecular flexibility index (Phi) is 5.02. The van der Waals surface area contributed by atoms with Crippen LogP contribution in [-0.2, 0) is 6.18 Å². The van der Waals surface area contributed by atoms with Crippen molar-refractivity contribution < 1.29 is 17.9 Å². The molecule has 0 bridgehead atoms. The zero-order chi connectivity index (χ0) is 16.2. The maximum Gasteiger partial charge on any atom is 0.417 e. The molecule has 22 heavy (non-hydrogen) atoms. The molecular formula is C14H11BrF3N3O. The van der Waals surface area contributed by atoms with Crippen molar-refractivity contribution in [3.05, 3.63) is 52.1 Å². The fourth-order valence-electron chi connectivity index (χ4n) is 1.56. The minimum atomic E-state index is -4.40. The fraction of sp³-hybridized carbons (Fsp3) is 0.143. The number of hydrogen-bond donors (Lipinski definition) is 1. The number of hydrazone groups is 1. The van der Waals surface area contributed by atoms with Crippen molar-refractivity contribution in [1.29, 1.82) is 0 Å². The average molecular weight is 374 g/mol. The molecule has 4 nitrogen and oxygen atoms in total. The summed E-state index contributed by atoms with van der Waals surface area (Å²) in [6.07, 6.45) is -2.13. The first kappa shape index (κ1) is 16.3. The highest BCUT2D eigenvalue weighted by Crippen LogP contribution is 2.29. The van der Waals surface area contributed by atoms with Crippen LogP contribution in [0, 0.1) is 0 Å². The lowest BCUT2D eigenvalue weighted by molar-refractivity contribution is -0.137. The lowest BCUT2D eigenvalue weighted by atomic mass is 10.2. The highest BCUT2D eigenvalue weighted by atomic mass is 79.9. The van der Waals surface area contributed by atoms with Gasteiger partial charge in [-0.3, -0.25) is 5.43 Å². The molecule has 0 atom stereocenters. The maximum atomic E-state index is 12.4. The van der Waals surface area contributed by atoms with E-state index in [2.05, 4.69) is 31.4 Å². The fourth-order valence-corrected chi connectivity index (χ4v) is 2.12. The van der Waals surface area contributed by atoms with Crippen molar-refractivity contribution in [3.8, 4) is 5.75 Å². The van der Waals surface area contributed by atoms with Crippen molar-refractivity contribution in [1.82, 2.24) is 4.98 Å². The second-order valence-electron chi connectivity index (χ2n) is 4.19. The highest BCUT2D eigenvalue weighted by molar-refractivity contribution is 9.10. The molecule has 116 valence electrons. The highest BCUT2D eigenvalue weighted by Gasteiger charge is 2.30. The second kappa shape index (κ2) is 6.78. The number of ether oxygens (including phenoxy) is 1. The smallest absolute Gasteiger partial charge is 0.417 e. The van der Waals surface area contributed by atoms with Crippen LogP contribution in [0.4, 0.5) is 19.0 Å². The summed E-state index contributed by atoms with van der Waals surface area (Å²) in [5.74, 6) is 0.909. The molecular weight excluding hydrogens is 363 g/mol. The van der Waals surface area contributed by atoms with Crippen molar-refractivity contribution in [2.45, 2.75) is 6.18 Å². The monoisotopic (exact) mass is 373 g/mol. The first-order valence-electron chi connectivity index (χ1n) is 6.06. The van der Waals surface area contributed by atoms with E-state index in [1.54, 1.807) is 25.3 Å². The van der Waals surface area contributed by atoms with E-state index in [1.807, 2.05) is 0 Å². The molecule has 0 amide bonds. The number of methoxy groups -OCH3 is 1. The Bertz CT molecular complexity index is 672. The summed E-state index contributed by atoms with van der Waals surface area (Å²) >= 11 is 3.34. The van der Waals surface area contributed by atoms with Crippen LogP contribution in [0.2, 0.25) is 0 Å².